The average Bonchev–Trinajstić information content (AvgIpc) is 2.50. The van der Waals surface area contributed by atoms with Crippen LogP contribution in [0, 0.1) is 25.5 Å². The van der Waals surface area contributed by atoms with E-state index in [4.69, 9.17) is 5.73 Å². The molecule has 1 aromatic carbocycles. The number of aromatic nitrogens is 2. The maximum Gasteiger partial charge on any atom is 0.131 e. The summed E-state index contributed by atoms with van der Waals surface area (Å²) in [6.07, 6.45) is 0. The van der Waals surface area contributed by atoms with E-state index >= 15 is 0 Å². The molecule has 90 valence electrons. The molecule has 0 radical (unpaired) electrons. The molecule has 0 amide bonds. The van der Waals surface area contributed by atoms with Gasteiger partial charge >= 0.3 is 0 Å². The lowest BCUT2D eigenvalue weighted by atomic mass is 10.2. The third kappa shape index (κ3) is 2.13. The molecule has 1 aromatic heterocycles. The van der Waals surface area contributed by atoms with Crippen LogP contribution in [-0.2, 0) is 6.54 Å². The van der Waals surface area contributed by atoms with Crippen LogP contribution in [0.2, 0.25) is 0 Å². The van der Waals surface area contributed by atoms with Crippen molar-refractivity contribution in [1.29, 1.82) is 0 Å². The Kier molecular flexibility index (Phi) is 2.83. The fraction of sp³-hybridized carbons (Fsp3) is 0.250. The molecule has 0 atom stereocenters. The third-order valence-corrected chi connectivity index (χ3v) is 2.77. The van der Waals surface area contributed by atoms with Gasteiger partial charge in [-0.3, -0.25) is 4.68 Å². The van der Waals surface area contributed by atoms with Crippen LogP contribution in [0.3, 0.4) is 0 Å². The number of aryl methyl sites for hydroxylation is 1. The molecule has 0 unspecified atom stereocenters. The Morgan fingerprint density at radius 1 is 1.29 bits per heavy atom. The number of rotatable bonds is 2. The van der Waals surface area contributed by atoms with Crippen molar-refractivity contribution in [3.05, 3.63) is 46.8 Å². The van der Waals surface area contributed by atoms with Gasteiger partial charge in [-0.05, 0) is 19.9 Å². The van der Waals surface area contributed by atoms with Gasteiger partial charge in [-0.2, -0.15) is 5.10 Å². The van der Waals surface area contributed by atoms with E-state index in [9.17, 15) is 8.78 Å². The summed E-state index contributed by atoms with van der Waals surface area (Å²) in [7, 11) is 0. The molecule has 5 heteroatoms. The molecule has 0 aliphatic carbocycles. The zero-order valence-corrected chi connectivity index (χ0v) is 9.67. The second-order valence-electron chi connectivity index (χ2n) is 3.98. The number of nitrogen functional groups attached to an aromatic ring is 1. The summed E-state index contributed by atoms with van der Waals surface area (Å²) in [4.78, 5) is 0. The first-order valence-corrected chi connectivity index (χ1v) is 5.22. The number of nitrogens with two attached hydrogens (primary N) is 1. The van der Waals surface area contributed by atoms with E-state index in [-0.39, 0.29) is 6.54 Å². The third-order valence-electron chi connectivity index (χ3n) is 2.77. The van der Waals surface area contributed by atoms with Gasteiger partial charge in [-0.1, -0.05) is 6.07 Å². The van der Waals surface area contributed by atoms with Gasteiger partial charge in [0.05, 0.1) is 23.6 Å². The summed E-state index contributed by atoms with van der Waals surface area (Å²) >= 11 is 0. The molecule has 0 saturated heterocycles. The molecule has 3 nitrogen and oxygen atoms in total. The lowest BCUT2D eigenvalue weighted by Gasteiger charge is -2.06. The van der Waals surface area contributed by atoms with Gasteiger partial charge in [0, 0.05) is 11.6 Å². The van der Waals surface area contributed by atoms with Crippen molar-refractivity contribution in [2.75, 3.05) is 5.73 Å². The minimum absolute atomic E-state index is 0.246. The Morgan fingerprint density at radius 3 is 2.53 bits per heavy atom. The lowest BCUT2D eigenvalue weighted by molar-refractivity contribution is 0.555. The van der Waals surface area contributed by atoms with E-state index < -0.39 is 11.6 Å². The summed E-state index contributed by atoms with van der Waals surface area (Å²) in [6.45, 7) is 3.85. The SMILES string of the molecule is Cc1nn(Cc2ccc(F)cc2F)c(C)c1N. The van der Waals surface area contributed by atoms with Crippen molar-refractivity contribution >= 4 is 5.69 Å². The maximum atomic E-state index is 13.5. The van der Waals surface area contributed by atoms with E-state index in [2.05, 4.69) is 5.10 Å². The Balaban J connectivity index is 2.34. The molecule has 0 fully saturated rings. The molecule has 2 N–H and O–H groups in total. The maximum absolute atomic E-state index is 13.5. The molecular formula is C12H13F2N3. The zero-order chi connectivity index (χ0) is 12.6. The largest absolute Gasteiger partial charge is 0.396 e. The highest BCUT2D eigenvalue weighted by atomic mass is 19.1. The quantitative estimate of drug-likeness (QED) is 0.871. The van der Waals surface area contributed by atoms with Crippen LogP contribution in [0.1, 0.15) is 17.0 Å². The summed E-state index contributed by atoms with van der Waals surface area (Å²) in [5.41, 5.74) is 8.27. The van der Waals surface area contributed by atoms with Crippen LogP contribution in [-0.4, -0.2) is 9.78 Å². The first kappa shape index (κ1) is 11.6. The first-order chi connectivity index (χ1) is 7.99. The predicted molar refractivity (Wildman–Crippen MR) is 61.6 cm³/mol. The van der Waals surface area contributed by atoms with E-state index in [0.717, 1.165) is 11.8 Å². The second kappa shape index (κ2) is 4.16. The molecule has 0 aliphatic rings. The normalized spacial score (nSPS) is 10.8. The molecule has 17 heavy (non-hydrogen) atoms. The van der Waals surface area contributed by atoms with Crippen LogP contribution in [0.25, 0.3) is 0 Å². The molecule has 0 saturated carbocycles. The van der Waals surface area contributed by atoms with Crippen molar-refractivity contribution in [3.63, 3.8) is 0 Å². The van der Waals surface area contributed by atoms with E-state index in [1.807, 2.05) is 6.92 Å². The number of anilines is 1. The van der Waals surface area contributed by atoms with Gasteiger partial charge in [0.25, 0.3) is 0 Å². The number of hydrogen-bond acceptors (Lipinski definition) is 2. The molecule has 2 aromatic rings. The summed E-state index contributed by atoms with van der Waals surface area (Å²) in [5.74, 6) is -1.16. The molecular weight excluding hydrogens is 224 g/mol. The fourth-order valence-electron chi connectivity index (χ4n) is 1.68. The van der Waals surface area contributed by atoms with E-state index in [1.54, 1.807) is 11.6 Å². The van der Waals surface area contributed by atoms with Gasteiger partial charge in [-0.25, -0.2) is 8.78 Å². The topological polar surface area (TPSA) is 43.8 Å². The first-order valence-electron chi connectivity index (χ1n) is 5.22. The van der Waals surface area contributed by atoms with Gasteiger partial charge in [0.15, 0.2) is 0 Å². The van der Waals surface area contributed by atoms with Crippen molar-refractivity contribution in [2.45, 2.75) is 20.4 Å². The zero-order valence-electron chi connectivity index (χ0n) is 9.67. The minimum atomic E-state index is -0.584. The summed E-state index contributed by atoms with van der Waals surface area (Å²) in [5, 5.41) is 4.20. The fourth-order valence-corrected chi connectivity index (χ4v) is 1.68. The predicted octanol–water partition coefficient (Wildman–Crippen LogP) is 2.41. The van der Waals surface area contributed by atoms with E-state index in [1.165, 1.54) is 12.1 Å². The minimum Gasteiger partial charge on any atom is -0.396 e. The van der Waals surface area contributed by atoms with Crippen LogP contribution in [0.4, 0.5) is 14.5 Å². The van der Waals surface area contributed by atoms with Gasteiger partial charge in [0.2, 0.25) is 0 Å². The number of nitrogens with zero attached hydrogens (tertiary/aromatic N) is 2. The van der Waals surface area contributed by atoms with Crippen molar-refractivity contribution in [2.24, 2.45) is 0 Å². The Morgan fingerprint density at radius 2 is 2.00 bits per heavy atom. The highest BCUT2D eigenvalue weighted by molar-refractivity contribution is 5.47. The molecule has 0 bridgehead atoms. The molecule has 1 heterocycles. The van der Waals surface area contributed by atoms with Gasteiger partial charge in [0.1, 0.15) is 11.6 Å². The van der Waals surface area contributed by atoms with Crippen molar-refractivity contribution < 1.29 is 8.78 Å². The number of halogens is 2. The second-order valence-corrected chi connectivity index (χ2v) is 3.98. The highest BCUT2D eigenvalue weighted by Crippen LogP contribution is 2.17. The highest BCUT2D eigenvalue weighted by Gasteiger charge is 2.10. The van der Waals surface area contributed by atoms with Crippen LogP contribution < -0.4 is 5.73 Å². The Labute approximate surface area is 97.9 Å². The van der Waals surface area contributed by atoms with Crippen LogP contribution in [0.15, 0.2) is 18.2 Å². The van der Waals surface area contributed by atoms with Crippen LogP contribution >= 0.6 is 0 Å². The molecule has 0 aliphatic heterocycles. The van der Waals surface area contributed by atoms with Gasteiger partial charge in [-0.15, -0.1) is 0 Å². The molecule has 0 spiro atoms. The van der Waals surface area contributed by atoms with Crippen molar-refractivity contribution in [3.8, 4) is 0 Å². The summed E-state index contributed by atoms with van der Waals surface area (Å²) in [6, 6.07) is 3.51. The number of hydrogen-bond donors (Lipinski definition) is 1. The van der Waals surface area contributed by atoms with Gasteiger partial charge < -0.3 is 5.73 Å². The van der Waals surface area contributed by atoms with E-state index in [0.29, 0.717) is 16.9 Å². The Hall–Kier alpha value is -1.91. The monoisotopic (exact) mass is 237 g/mol. The van der Waals surface area contributed by atoms with Crippen LogP contribution in [0.5, 0.6) is 0 Å². The smallest absolute Gasteiger partial charge is 0.131 e. The standard InChI is InChI=1S/C12H13F2N3/c1-7-12(15)8(2)17(16-7)6-9-3-4-10(13)5-11(9)14/h3-5H,6,15H2,1-2H3. The molecule has 2 rings (SSSR count). The van der Waals surface area contributed by atoms with Crippen molar-refractivity contribution in [1.82, 2.24) is 9.78 Å². The number of benzene rings is 1. The summed E-state index contributed by atoms with van der Waals surface area (Å²) < 4.78 is 27.8. The Bertz CT molecular complexity index is 561. The lowest BCUT2D eigenvalue weighted by Crippen LogP contribution is -2.06. The average molecular weight is 237 g/mol.